The molecular weight excluding hydrogens is 334 g/mol. The number of anilines is 1. The van der Waals surface area contributed by atoms with Gasteiger partial charge in [0.1, 0.15) is 5.54 Å². The molecule has 3 rings (SSSR count). The number of likely N-dealkylation sites (N-methyl/N-ethyl adjacent to an activating group) is 1. The van der Waals surface area contributed by atoms with Gasteiger partial charge in [-0.15, -0.1) is 11.6 Å². The summed E-state index contributed by atoms with van der Waals surface area (Å²) in [6.45, 7) is 3.87. The van der Waals surface area contributed by atoms with Crippen LogP contribution in [0.4, 0.5) is 5.69 Å². The second kappa shape index (κ2) is 8.41. The predicted molar refractivity (Wildman–Crippen MR) is 104 cm³/mol. The van der Waals surface area contributed by atoms with E-state index in [9.17, 15) is 4.79 Å². The van der Waals surface area contributed by atoms with Crippen LogP contribution in [0.5, 0.6) is 0 Å². The first kappa shape index (κ1) is 18.5. The number of piperidine rings is 1. The third-order valence-corrected chi connectivity index (χ3v) is 5.99. The van der Waals surface area contributed by atoms with Gasteiger partial charge in [0.05, 0.1) is 6.67 Å². The van der Waals surface area contributed by atoms with E-state index in [-0.39, 0.29) is 11.4 Å². The smallest absolute Gasteiger partial charge is 0.249 e. The van der Waals surface area contributed by atoms with Crippen LogP contribution >= 0.6 is 11.6 Å². The Morgan fingerprint density at radius 1 is 1.04 bits per heavy atom. The summed E-state index contributed by atoms with van der Waals surface area (Å²) in [4.78, 5) is 19.7. The zero-order valence-corrected chi connectivity index (χ0v) is 16.0. The summed E-state index contributed by atoms with van der Waals surface area (Å²) >= 11 is 5.74. The van der Waals surface area contributed by atoms with Crippen molar-refractivity contribution in [1.82, 2.24) is 9.80 Å². The Morgan fingerprint density at radius 2 is 1.72 bits per heavy atom. The van der Waals surface area contributed by atoms with Crippen molar-refractivity contribution < 1.29 is 4.79 Å². The number of amides is 1. The van der Waals surface area contributed by atoms with Crippen molar-refractivity contribution in [1.29, 1.82) is 0 Å². The Kier molecular flexibility index (Phi) is 6.24. The molecule has 0 bridgehead atoms. The third-order valence-electron chi connectivity index (χ3n) is 5.72. The standard InChI is InChI=1S/C20H30ClN3O/c1-22-17-24(18-9-5-4-6-10-18)20(19(22)25)11-15-23(16-12-20)14-8-3-2-7-13-21/h4-6,9-10H,2-3,7-8,11-17H2,1H3. The first-order valence-corrected chi connectivity index (χ1v) is 10.1. The number of nitrogens with zero attached hydrogens (tertiary/aromatic N) is 3. The van der Waals surface area contributed by atoms with Crippen molar-refractivity contribution in [2.24, 2.45) is 0 Å². The Bertz CT molecular complexity index is 557. The van der Waals surface area contributed by atoms with Gasteiger partial charge in [0.15, 0.2) is 0 Å². The van der Waals surface area contributed by atoms with Crippen molar-refractivity contribution in [3.63, 3.8) is 0 Å². The first-order chi connectivity index (χ1) is 12.2. The molecule has 0 aromatic heterocycles. The van der Waals surface area contributed by atoms with Crippen LogP contribution in [-0.2, 0) is 4.79 Å². The summed E-state index contributed by atoms with van der Waals surface area (Å²) < 4.78 is 0. The molecule has 2 fully saturated rings. The number of para-hydroxylation sites is 1. The lowest BCUT2D eigenvalue weighted by atomic mass is 9.85. The number of carbonyl (C=O) groups is 1. The Hall–Kier alpha value is -1.26. The van der Waals surface area contributed by atoms with Gasteiger partial charge in [-0.05, 0) is 44.4 Å². The molecule has 1 spiro atoms. The van der Waals surface area contributed by atoms with E-state index < -0.39 is 0 Å². The third kappa shape index (κ3) is 3.95. The number of carbonyl (C=O) groups excluding carboxylic acids is 1. The number of likely N-dealkylation sites (tertiary alicyclic amines) is 1. The molecule has 0 atom stereocenters. The summed E-state index contributed by atoms with van der Waals surface area (Å²) in [5.41, 5.74) is 0.820. The quantitative estimate of drug-likeness (QED) is 0.547. The minimum Gasteiger partial charge on any atom is -0.339 e. The van der Waals surface area contributed by atoms with Gasteiger partial charge in [0, 0.05) is 31.7 Å². The van der Waals surface area contributed by atoms with Crippen LogP contribution in [0.2, 0.25) is 0 Å². The van der Waals surface area contributed by atoms with E-state index in [0.29, 0.717) is 6.67 Å². The Labute approximate surface area is 156 Å². The molecule has 138 valence electrons. The van der Waals surface area contributed by atoms with Crippen LogP contribution in [-0.4, -0.2) is 60.5 Å². The van der Waals surface area contributed by atoms with Gasteiger partial charge in [0.25, 0.3) is 0 Å². The number of hydrogen-bond donors (Lipinski definition) is 0. The fourth-order valence-corrected chi connectivity index (χ4v) is 4.42. The predicted octanol–water partition coefficient (Wildman–Crippen LogP) is 3.56. The number of alkyl halides is 1. The second-order valence-electron chi connectivity index (χ2n) is 7.38. The van der Waals surface area contributed by atoms with Crippen molar-refractivity contribution >= 4 is 23.2 Å². The van der Waals surface area contributed by atoms with Crippen LogP contribution in [0.15, 0.2) is 30.3 Å². The van der Waals surface area contributed by atoms with Gasteiger partial charge in [-0.25, -0.2) is 0 Å². The van der Waals surface area contributed by atoms with Crippen molar-refractivity contribution in [3.05, 3.63) is 30.3 Å². The first-order valence-electron chi connectivity index (χ1n) is 9.54. The van der Waals surface area contributed by atoms with E-state index in [1.54, 1.807) is 0 Å². The maximum Gasteiger partial charge on any atom is 0.249 e. The molecule has 2 heterocycles. The van der Waals surface area contributed by atoms with Crippen LogP contribution < -0.4 is 4.90 Å². The summed E-state index contributed by atoms with van der Waals surface area (Å²) in [7, 11) is 1.93. The van der Waals surface area contributed by atoms with Gasteiger partial charge < -0.3 is 14.7 Å². The second-order valence-corrected chi connectivity index (χ2v) is 7.76. The molecule has 0 N–H and O–H groups in total. The molecule has 2 aliphatic heterocycles. The summed E-state index contributed by atoms with van der Waals surface area (Å²) in [5, 5.41) is 0. The Morgan fingerprint density at radius 3 is 2.40 bits per heavy atom. The summed E-state index contributed by atoms with van der Waals surface area (Å²) in [6, 6.07) is 10.4. The van der Waals surface area contributed by atoms with Gasteiger partial charge in [-0.2, -0.15) is 0 Å². The van der Waals surface area contributed by atoms with Crippen LogP contribution in [0, 0.1) is 0 Å². The Balaban J connectivity index is 1.60. The van der Waals surface area contributed by atoms with E-state index in [1.807, 2.05) is 18.0 Å². The molecule has 0 radical (unpaired) electrons. The molecule has 0 aliphatic carbocycles. The van der Waals surface area contributed by atoms with Gasteiger partial charge in [-0.3, -0.25) is 4.79 Å². The van der Waals surface area contributed by atoms with E-state index in [0.717, 1.165) is 50.5 Å². The lowest BCUT2D eigenvalue weighted by molar-refractivity contribution is -0.132. The van der Waals surface area contributed by atoms with E-state index >= 15 is 0 Å². The topological polar surface area (TPSA) is 26.8 Å². The maximum absolute atomic E-state index is 13.0. The monoisotopic (exact) mass is 363 g/mol. The van der Waals surface area contributed by atoms with Gasteiger partial charge in [-0.1, -0.05) is 31.0 Å². The van der Waals surface area contributed by atoms with E-state index in [2.05, 4.69) is 34.1 Å². The average molecular weight is 364 g/mol. The van der Waals surface area contributed by atoms with E-state index in [1.165, 1.54) is 19.3 Å². The fourth-order valence-electron chi connectivity index (χ4n) is 4.23. The molecule has 5 heteroatoms. The normalized spacial score (nSPS) is 20.6. The lowest BCUT2D eigenvalue weighted by Crippen LogP contribution is -2.56. The highest BCUT2D eigenvalue weighted by Crippen LogP contribution is 2.38. The molecule has 1 aromatic rings. The molecule has 0 saturated carbocycles. The lowest BCUT2D eigenvalue weighted by Gasteiger charge is -2.43. The minimum absolute atomic E-state index is 0.290. The fraction of sp³-hybridized carbons (Fsp3) is 0.650. The van der Waals surface area contributed by atoms with Crippen molar-refractivity contribution in [2.75, 3.05) is 44.1 Å². The van der Waals surface area contributed by atoms with Crippen LogP contribution in [0.1, 0.15) is 38.5 Å². The summed E-state index contributed by atoms with van der Waals surface area (Å²) in [6.07, 6.45) is 6.69. The van der Waals surface area contributed by atoms with Gasteiger partial charge in [0.2, 0.25) is 5.91 Å². The highest BCUT2D eigenvalue weighted by Gasteiger charge is 2.52. The van der Waals surface area contributed by atoms with E-state index in [4.69, 9.17) is 11.6 Å². The maximum atomic E-state index is 13.0. The molecular formula is C20H30ClN3O. The van der Waals surface area contributed by atoms with Gasteiger partial charge >= 0.3 is 0 Å². The zero-order valence-electron chi connectivity index (χ0n) is 15.3. The SMILES string of the molecule is CN1CN(c2ccccc2)C2(CCN(CCCCCCCl)CC2)C1=O. The van der Waals surface area contributed by atoms with Crippen LogP contribution in [0.25, 0.3) is 0 Å². The largest absolute Gasteiger partial charge is 0.339 e. The number of rotatable bonds is 7. The van der Waals surface area contributed by atoms with Crippen molar-refractivity contribution in [3.8, 4) is 0 Å². The zero-order chi connectivity index (χ0) is 17.7. The number of unbranched alkanes of at least 4 members (excludes halogenated alkanes) is 3. The number of halogens is 1. The molecule has 2 saturated heterocycles. The number of hydrogen-bond acceptors (Lipinski definition) is 3. The molecule has 0 unspecified atom stereocenters. The molecule has 2 aliphatic rings. The minimum atomic E-state index is -0.342. The molecule has 1 aromatic carbocycles. The molecule has 4 nitrogen and oxygen atoms in total. The highest BCUT2D eigenvalue weighted by molar-refractivity contribution is 6.17. The average Bonchev–Trinajstić information content (AvgIpc) is 2.89. The van der Waals surface area contributed by atoms with Crippen LogP contribution in [0.3, 0.4) is 0 Å². The highest BCUT2D eigenvalue weighted by atomic mass is 35.5. The molecule has 25 heavy (non-hydrogen) atoms. The number of benzene rings is 1. The van der Waals surface area contributed by atoms with Crippen molar-refractivity contribution in [2.45, 2.75) is 44.1 Å². The molecule has 1 amide bonds. The summed E-state index contributed by atoms with van der Waals surface area (Å²) in [5.74, 6) is 1.06.